The van der Waals surface area contributed by atoms with Gasteiger partial charge in [-0.2, -0.15) is 0 Å². The minimum absolute atomic E-state index is 0.0221. The summed E-state index contributed by atoms with van der Waals surface area (Å²) in [7, 11) is -3.79. The number of para-hydroxylation sites is 1. The summed E-state index contributed by atoms with van der Waals surface area (Å²) >= 11 is 0. The van der Waals surface area contributed by atoms with E-state index < -0.39 is 45.8 Å². The highest BCUT2D eigenvalue weighted by Gasteiger charge is 2.39. The van der Waals surface area contributed by atoms with E-state index in [0.717, 1.165) is 6.26 Å². The smallest absolute Gasteiger partial charge is 0.300 e. The first kappa shape index (κ1) is 26.4. The predicted octanol–water partition coefficient (Wildman–Crippen LogP) is 0.920. The fourth-order valence-corrected chi connectivity index (χ4v) is 3.90. The molecule has 0 heterocycles. The first-order chi connectivity index (χ1) is 15.6. The van der Waals surface area contributed by atoms with Crippen molar-refractivity contribution in [3.05, 3.63) is 54.6 Å². The number of benzene rings is 1. The SMILES string of the molecule is CS(=O)(=O)NC(=O)C(=O)CC/C=C\C[C@H]1C(=O)C[C@@H](O)C1/C=C/[C@@H](O)COc1ccccc1. The first-order valence-electron chi connectivity index (χ1n) is 10.5. The lowest BCUT2D eigenvalue weighted by atomic mass is 9.90. The first-order valence-corrected chi connectivity index (χ1v) is 12.4. The predicted molar refractivity (Wildman–Crippen MR) is 121 cm³/mol. The van der Waals surface area contributed by atoms with Crippen LogP contribution >= 0.6 is 0 Å². The van der Waals surface area contributed by atoms with E-state index in [-0.39, 0.29) is 31.7 Å². The van der Waals surface area contributed by atoms with Gasteiger partial charge in [0.1, 0.15) is 24.2 Å². The molecular formula is C23H29NO8S. The Morgan fingerprint density at radius 1 is 1.24 bits per heavy atom. The Morgan fingerprint density at radius 2 is 1.94 bits per heavy atom. The van der Waals surface area contributed by atoms with E-state index in [0.29, 0.717) is 12.2 Å². The molecule has 4 atom stereocenters. The van der Waals surface area contributed by atoms with Gasteiger partial charge in [-0.25, -0.2) is 13.1 Å². The molecule has 1 aromatic rings. The van der Waals surface area contributed by atoms with Crippen LogP contribution in [0.15, 0.2) is 54.6 Å². The highest BCUT2D eigenvalue weighted by atomic mass is 32.2. The summed E-state index contributed by atoms with van der Waals surface area (Å²) in [6.07, 6.45) is 5.86. The average Bonchev–Trinajstić information content (AvgIpc) is 3.02. The number of amides is 1. The number of allylic oxidation sites excluding steroid dienone is 2. The molecule has 1 aliphatic carbocycles. The minimum Gasteiger partial charge on any atom is -0.491 e. The summed E-state index contributed by atoms with van der Waals surface area (Å²) < 4.78 is 29.0. The summed E-state index contributed by atoms with van der Waals surface area (Å²) in [5.74, 6) is -2.45. The van der Waals surface area contributed by atoms with Crippen LogP contribution in [0.5, 0.6) is 5.75 Å². The molecule has 0 radical (unpaired) electrons. The Balaban J connectivity index is 1.82. The van der Waals surface area contributed by atoms with Crippen molar-refractivity contribution in [2.45, 2.75) is 37.9 Å². The van der Waals surface area contributed by atoms with Crippen molar-refractivity contribution in [2.75, 3.05) is 12.9 Å². The van der Waals surface area contributed by atoms with Gasteiger partial charge >= 0.3 is 5.91 Å². The third kappa shape index (κ3) is 9.29. The molecule has 3 N–H and O–H groups in total. The standard InChI is InChI=1S/C23H29NO8S/c1-33(30,31)24-23(29)20(26)11-7-3-6-10-18-19(22(28)14-21(18)27)13-12-16(25)15-32-17-8-4-2-5-9-17/h2-6,8-9,12-13,16,18-19,22,25,28H,7,10-11,14-15H2,1H3,(H,24,29)/b6-3-,13-12+/t16-,18-,19?,22-/m1/s1. The van der Waals surface area contributed by atoms with Gasteiger partial charge in [-0.15, -0.1) is 0 Å². The van der Waals surface area contributed by atoms with Crippen molar-refractivity contribution in [1.29, 1.82) is 0 Å². The molecule has 1 unspecified atom stereocenters. The summed E-state index contributed by atoms with van der Waals surface area (Å²) in [5, 5.41) is 20.4. The summed E-state index contributed by atoms with van der Waals surface area (Å²) in [6, 6.07) is 9.02. The van der Waals surface area contributed by atoms with Crippen molar-refractivity contribution < 1.29 is 37.8 Å². The number of carbonyl (C=O) groups is 3. The van der Waals surface area contributed by atoms with Crippen molar-refractivity contribution >= 4 is 27.5 Å². The van der Waals surface area contributed by atoms with Crippen molar-refractivity contribution in [2.24, 2.45) is 11.8 Å². The Morgan fingerprint density at radius 3 is 2.61 bits per heavy atom. The average molecular weight is 480 g/mol. The normalized spacial score (nSPS) is 22.0. The second kappa shape index (κ2) is 12.4. The Bertz CT molecular complexity index is 987. The zero-order valence-electron chi connectivity index (χ0n) is 18.3. The summed E-state index contributed by atoms with van der Waals surface area (Å²) in [4.78, 5) is 35.3. The van der Waals surface area contributed by atoms with Gasteiger partial charge in [0.25, 0.3) is 0 Å². The van der Waals surface area contributed by atoms with Crippen LogP contribution in [-0.4, -0.2) is 61.2 Å². The number of hydrogen-bond acceptors (Lipinski definition) is 8. The lowest BCUT2D eigenvalue weighted by Gasteiger charge is -2.17. The van der Waals surface area contributed by atoms with Crippen molar-refractivity contribution in [3.63, 3.8) is 0 Å². The number of carbonyl (C=O) groups excluding carboxylic acids is 3. The lowest BCUT2D eigenvalue weighted by molar-refractivity contribution is -0.136. The van der Waals surface area contributed by atoms with E-state index in [4.69, 9.17) is 4.74 Å². The lowest BCUT2D eigenvalue weighted by Crippen LogP contribution is -2.35. The molecule has 180 valence electrons. The molecular weight excluding hydrogens is 450 g/mol. The Kier molecular flexibility index (Phi) is 9.95. The molecule has 0 aliphatic heterocycles. The van der Waals surface area contributed by atoms with E-state index in [2.05, 4.69) is 0 Å². The summed E-state index contributed by atoms with van der Waals surface area (Å²) in [5.41, 5.74) is 0. The van der Waals surface area contributed by atoms with Crippen LogP contribution in [0.25, 0.3) is 0 Å². The summed E-state index contributed by atoms with van der Waals surface area (Å²) in [6.45, 7) is 0.0305. The van der Waals surface area contributed by atoms with Gasteiger partial charge in [0.15, 0.2) is 0 Å². The molecule has 0 bridgehead atoms. The second-order valence-corrected chi connectivity index (χ2v) is 9.62. The van der Waals surface area contributed by atoms with Gasteiger partial charge in [0, 0.05) is 24.7 Å². The number of Topliss-reactive ketones (excluding diaryl/α,β-unsaturated/α-hetero) is 2. The van der Waals surface area contributed by atoms with Crippen LogP contribution in [0.3, 0.4) is 0 Å². The topological polar surface area (TPSA) is 147 Å². The van der Waals surface area contributed by atoms with Crippen LogP contribution in [0.2, 0.25) is 0 Å². The number of rotatable bonds is 12. The Labute approximate surface area is 193 Å². The van der Waals surface area contributed by atoms with Crippen LogP contribution in [0.1, 0.15) is 25.7 Å². The van der Waals surface area contributed by atoms with Gasteiger partial charge in [-0.1, -0.05) is 42.5 Å². The van der Waals surface area contributed by atoms with E-state index >= 15 is 0 Å². The van der Waals surface area contributed by atoms with Crippen molar-refractivity contribution in [1.82, 2.24) is 4.72 Å². The maximum absolute atomic E-state index is 12.3. The molecule has 0 spiro atoms. The van der Waals surface area contributed by atoms with E-state index in [1.54, 1.807) is 35.1 Å². The maximum Gasteiger partial charge on any atom is 0.300 e. The van der Waals surface area contributed by atoms with Gasteiger partial charge in [-0.05, 0) is 25.0 Å². The number of sulfonamides is 1. The maximum atomic E-state index is 12.3. The molecule has 1 fully saturated rings. The highest BCUT2D eigenvalue weighted by Crippen LogP contribution is 2.33. The largest absolute Gasteiger partial charge is 0.491 e. The zero-order valence-corrected chi connectivity index (χ0v) is 19.1. The van der Waals surface area contributed by atoms with Crippen molar-refractivity contribution in [3.8, 4) is 5.75 Å². The molecule has 0 aromatic heterocycles. The van der Waals surface area contributed by atoms with Crippen LogP contribution in [-0.2, 0) is 24.4 Å². The molecule has 2 rings (SSSR count). The van der Waals surface area contributed by atoms with Crippen LogP contribution < -0.4 is 9.46 Å². The zero-order chi connectivity index (χ0) is 24.4. The van der Waals surface area contributed by atoms with Gasteiger partial charge in [0.05, 0.1) is 12.4 Å². The third-order valence-corrected chi connectivity index (χ3v) is 5.63. The fraction of sp³-hybridized carbons (Fsp3) is 0.435. The van der Waals surface area contributed by atoms with Gasteiger partial charge in [0.2, 0.25) is 15.8 Å². The molecule has 1 saturated carbocycles. The molecule has 9 nitrogen and oxygen atoms in total. The van der Waals surface area contributed by atoms with Gasteiger partial charge < -0.3 is 14.9 Å². The fourth-order valence-electron chi connectivity index (χ4n) is 3.45. The highest BCUT2D eigenvalue weighted by molar-refractivity contribution is 7.89. The third-order valence-electron chi connectivity index (χ3n) is 5.08. The Hall–Kier alpha value is -2.82. The van der Waals surface area contributed by atoms with E-state index in [1.165, 1.54) is 6.08 Å². The molecule has 1 aliphatic rings. The quantitative estimate of drug-likeness (QED) is 0.296. The molecule has 0 saturated heterocycles. The number of hydrogen-bond donors (Lipinski definition) is 3. The number of nitrogens with one attached hydrogen (secondary N) is 1. The molecule has 33 heavy (non-hydrogen) atoms. The molecule has 10 heteroatoms. The number of aliphatic hydroxyl groups excluding tert-OH is 2. The van der Waals surface area contributed by atoms with Crippen LogP contribution in [0, 0.1) is 11.8 Å². The van der Waals surface area contributed by atoms with E-state index in [9.17, 15) is 33.0 Å². The van der Waals surface area contributed by atoms with Crippen LogP contribution in [0.4, 0.5) is 0 Å². The van der Waals surface area contributed by atoms with E-state index in [1.807, 2.05) is 18.2 Å². The molecule has 1 amide bonds. The number of ketones is 2. The number of aliphatic hydroxyl groups is 2. The monoisotopic (exact) mass is 479 g/mol. The second-order valence-electron chi connectivity index (χ2n) is 7.87. The number of ether oxygens (including phenoxy) is 1. The molecule has 1 aromatic carbocycles. The minimum atomic E-state index is -3.79. The van der Waals surface area contributed by atoms with Gasteiger partial charge in [-0.3, -0.25) is 14.4 Å².